The Morgan fingerprint density at radius 1 is 1.36 bits per heavy atom. The first-order chi connectivity index (χ1) is 10.4. The largest absolute Gasteiger partial charge is 0.468 e. The van der Waals surface area contributed by atoms with Gasteiger partial charge in [0.2, 0.25) is 0 Å². The van der Waals surface area contributed by atoms with Crippen LogP contribution in [0.2, 0.25) is 0 Å². The van der Waals surface area contributed by atoms with E-state index in [9.17, 15) is 9.18 Å². The van der Waals surface area contributed by atoms with E-state index in [1.807, 2.05) is 18.7 Å². The van der Waals surface area contributed by atoms with E-state index in [4.69, 9.17) is 9.26 Å². The lowest BCUT2D eigenvalue weighted by atomic mass is 10.0. The SMILES string of the molecule is COC(=O)C(c1ccc(F)cc1)N(C)Cc1c(C)noc1C. The van der Waals surface area contributed by atoms with E-state index in [0.717, 1.165) is 11.3 Å². The van der Waals surface area contributed by atoms with Crippen molar-refractivity contribution in [3.05, 3.63) is 52.7 Å². The van der Waals surface area contributed by atoms with Crippen LogP contribution < -0.4 is 0 Å². The second-order valence-corrected chi connectivity index (χ2v) is 5.20. The number of benzene rings is 1. The highest BCUT2D eigenvalue weighted by molar-refractivity contribution is 5.77. The number of aromatic nitrogens is 1. The van der Waals surface area contributed by atoms with Crippen LogP contribution in [0.4, 0.5) is 4.39 Å². The lowest BCUT2D eigenvalue weighted by Gasteiger charge is -2.26. The number of carbonyl (C=O) groups excluding carboxylic acids is 1. The van der Waals surface area contributed by atoms with E-state index in [-0.39, 0.29) is 5.82 Å². The minimum Gasteiger partial charge on any atom is -0.468 e. The van der Waals surface area contributed by atoms with Gasteiger partial charge in [-0.15, -0.1) is 0 Å². The Bertz CT molecular complexity index is 632. The molecule has 0 aliphatic rings. The highest BCUT2D eigenvalue weighted by atomic mass is 19.1. The monoisotopic (exact) mass is 306 g/mol. The molecular formula is C16H19FN2O3. The zero-order chi connectivity index (χ0) is 16.3. The Morgan fingerprint density at radius 3 is 2.50 bits per heavy atom. The van der Waals surface area contributed by atoms with Crippen molar-refractivity contribution >= 4 is 5.97 Å². The summed E-state index contributed by atoms with van der Waals surface area (Å²) in [5, 5.41) is 3.91. The molecule has 5 nitrogen and oxygen atoms in total. The van der Waals surface area contributed by atoms with Crippen molar-refractivity contribution in [3.63, 3.8) is 0 Å². The van der Waals surface area contributed by atoms with Crippen LogP contribution in [0.5, 0.6) is 0 Å². The molecule has 0 bridgehead atoms. The van der Waals surface area contributed by atoms with E-state index in [2.05, 4.69) is 5.16 Å². The van der Waals surface area contributed by atoms with Gasteiger partial charge in [0.05, 0.1) is 12.8 Å². The highest BCUT2D eigenvalue weighted by Gasteiger charge is 2.27. The maximum Gasteiger partial charge on any atom is 0.327 e. The lowest BCUT2D eigenvalue weighted by molar-refractivity contribution is -0.147. The maximum atomic E-state index is 13.1. The first kappa shape index (κ1) is 16.2. The molecule has 0 radical (unpaired) electrons. The molecule has 6 heteroatoms. The number of carbonyl (C=O) groups is 1. The quantitative estimate of drug-likeness (QED) is 0.795. The predicted octanol–water partition coefficient (Wildman–Crippen LogP) is 2.78. The van der Waals surface area contributed by atoms with Crippen LogP contribution in [0.25, 0.3) is 0 Å². The van der Waals surface area contributed by atoms with Crippen LogP contribution in [-0.2, 0) is 16.1 Å². The number of nitrogens with zero attached hydrogens (tertiary/aromatic N) is 2. The lowest BCUT2D eigenvalue weighted by Crippen LogP contribution is -2.31. The van der Waals surface area contributed by atoms with Gasteiger partial charge in [-0.25, -0.2) is 9.18 Å². The summed E-state index contributed by atoms with van der Waals surface area (Å²) in [5.74, 6) is -0.0336. The fraction of sp³-hybridized carbons (Fsp3) is 0.375. The van der Waals surface area contributed by atoms with Crippen molar-refractivity contribution in [1.82, 2.24) is 10.1 Å². The molecule has 0 aliphatic heterocycles. The summed E-state index contributed by atoms with van der Waals surface area (Å²) < 4.78 is 23.1. The summed E-state index contributed by atoms with van der Waals surface area (Å²) in [5.41, 5.74) is 2.38. The standard InChI is InChI=1S/C16H19FN2O3/c1-10-14(11(2)22-18-10)9-19(3)15(16(20)21-4)12-5-7-13(17)8-6-12/h5-8,15H,9H2,1-4H3. The first-order valence-electron chi connectivity index (χ1n) is 6.89. The van der Waals surface area contributed by atoms with Crippen LogP contribution in [-0.4, -0.2) is 30.2 Å². The smallest absolute Gasteiger partial charge is 0.327 e. The van der Waals surface area contributed by atoms with Crippen molar-refractivity contribution in [2.24, 2.45) is 0 Å². The molecular weight excluding hydrogens is 287 g/mol. The van der Waals surface area contributed by atoms with Gasteiger partial charge in [0.1, 0.15) is 17.6 Å². The Hall–Kier alpha value is -2.21. The minimum absolute atomic E-state index is 0.347. The van der Waals surface area contributed by atoms with E-state index in [0.29, 0.717) is 17.9 Å². The fourth-order valence-corrected chi connectivity index (χ4v) is 2.40. The van der Waals surface area contributed by atoms with Crippen LogP contribution in [0.3, 0.4) is 0 Å². The molecule has 2 rings (SSSR count). The number of hydrogen-bond donors (Lipinski definition) is 0. The Morgan fingerprint density at radius 2 is 2.00 bits per heavy atom. The molecule has 118 valence electrons. The fourth-order valence-electron chi connectivity index (χ4n) is 2.40. The topological polar surface area (TPSA) is 55.6 Å². The van der Waals surface area contributed by atoms with Gasteiger partial charge in [-0.2, -0.15) is 0 Å². The van der Waals surface area contributed by atoms with Gasteiger partial charge in [-0.3, -0.25) is 4.90 Å². The molecule has 1 aromatic heterocycles. The molecule has 2 aromatic rings. The number of aryl methyl sites for hydroxylation is 2. The summed E-state index contributed by atoms with van der Waals surface area (Å²) in [6, 6.07) is 5.20. The van der Waals surface area contributed by atoms with Crippen LogP contribution in [0.15, 0.2) is 28.8 Å². The van der Waals surface area contributed by atoms with Gasteiger partial charge in [0, 0.05) is 12.1 Å². The summed E-state index contributed by atoms with van der Waals surface area (Å²) >= 11 is 0. The molecule has 0 fully saturated rings. The molecule has 0 saturated heterocycles. The summed E-state index contributed by atoms with van der Waals surface area (Å²) in [6.45, 7) is 4.15. The van der Waals surface area contributed by atoms with Gasteiger partial charge < -0.3 is 9.26 Å². The summed E-state index contributed by atoms with van der Waals surface area (Å²) in [4.78, 5) is 14.0. The highest BCUT2D eigenvalue weighted by Crippen LogP contribution is 2.25. The van der Waals surface area contributed by atoms with Crippen molar-refractivity contribution in [2.75, 3.05) is 14.2 Å². The maximum absolute atomic E-state index is 13.1. The van der Waals surface area contributed by atoms with Crippen LogP contribution >= 0.6 is 0 Å². The average Bonchev–Trinajstić information content (AvgIpc) is 2.81. The van der Waals surface area contributed by atoms with E-state index >= 15 is 0 Å². The number of esters is 1. The van der Waals surface area contributed by atoms with Crippen LogP contribution in [0, 0.1) is 19.7 Å². The Labute approximate surface area is 128 Å². The van der Waals surface area contributed by atoms with Gasteiger partial charge in [-0.05, 0) is 38.6 Å². The second-order valence-electron chi connectivity index (χ2n) is 5.20. The number of halogens is 1. The molecule has 0 aliphatic carbocycles. The molecule has 1 aromatic carbocycles. The van der Waals surface area contributed by atoms with Gasteiger partial charge >= 0.3 is 5.97 Å². The van der Waals surface area contributed by atoms with E-state index in [1.54, 1.807) is 19.2 Å². The third-order valence-electron chi connectivity index (χ3n) is 3.64. The summed E-state index contributed by atoms with van der Waals surface area (Å²) in [6.07, 6.45) is 0. The third kappa shape index (κ3) is 3.33. The van der Waals surface area contributed by atoms with Crippen LogP contribution in [0.1, 0.15) is 28.6 Å². The molecule has 0 spiro atoms. The van der Waals surface area contributed by atoms with Gasteiger partial charge in [0.25, 0.3) is 0 Å². The van der Waals surface area contributed by atoms with Crippen molar-refractivity contribution in [3.8, 4) is 0 Å². The minimum atomic E-state index is -0.626. The molecule has 1 heterocycles. The van der Waals surface area contributed by atoms with Gasteiger partial charge in [0.15, 0.2) is 0 Å². The van der Waals surface area contributed by atoms with E-state index < -0.39 is 12.0 Å². The number of hydrogen-bond acceptors (Lipinski definition) is 5. The van der Waals surface area contributed by atoms with Gasteiger partial charge in [-0.1, -0.05) is 17.3 Å². The van der Waals surface area contributed by atoms with Crippen molar-refractivity contribution in [2.45, 2.75) is 26.4 Å². The number of ether oxygens (including phenoxy) is 1. The first-order valence-corrected chi connectivity index (χ1v) is 6.89. The summed E-state index contributed by atoms with van der Waals surface area (Å²) in [7, 11) is 3.14. The molecule has 0 saturated carbocycles. The Balaban J connectivity index is 2.29. The second kappa shape index (κ2) is 6.70. The average molecular weight is 306 g/mol. The molecule has 1 unspecified atom stereocenters. The van der Waals surface area contributed by atoms with E-state index in [1.165, 1.54) is 19.2 Å². The molecule has 0 amide bonds. The third-order valence-corrected chi connectivity index (χ3v) is 3.64. The number of likely N-dealkylation sites (N-methyl/N-ethyl adjacent to an activating group) is 1. The van der Waals surface area contributed by atoms with Crippen molar-refractivity contribution in [1.29, 1.82) is 0 Å². The normalized spacial score (nSPS) is 12.5. The predicted molar refractivity (Wildman–Crippen MR) is 78.6 cm³/mol. The number of methoxy groups -OCH3 is 1. The zero-order valence-corrected chi connectivity index (χ0v) is 13.1. The zero-order valence-electron chi connectivity index (χ0n) is 13.1. The Kier molecular flexibility index (Phi) is 4.92. The molecule has 0 N–H and O–H groups in total. The molecule has 1 atom stereocenters. The molecule has 22 heavy (non-hydrogen) atoms. The van der Waals surface area contributed by atoms with Crippen molar-refractivity contribution < 1.29 is 18.4 Å². The number of rotatable bonds is 5.